The smallest absolute Gasteiger partial charge is 0.415 e. The Balaban J connectivity index is -0.0000000939. The molecule has 0 aliphatic carbocycles. The van der Waals surface area contributed by atoms with Crippen LogP contribution in [0.3, 0.4) is 0 Å². The van der Waals surface area contributed by atoms with E-state index in [2.05, 4.69) is 162 Å². The van der Waals surface area contributed by atoms with Gasteiger partial charge in [0.05, 0.1) is 0 Å². The summed E-state index contributed by atoms with van der Waals surface area (Å²) in [6.07, 6.45) is 11.2. The molecule has 0 aliphatic heterocycles. The van der Waals surface area contributed by atoms with Crippen molar-refractivity contribution in [3.63, 3.8) is 0 Å². The molecule has 14 heteroatoms. The van der Waals surface area contributed by atoms with Gasteiger partial charge in [0.2, 0.25) is 0 Å². The van der Waals surface area contributed by atoms with Crippen molar-refractivity contribution in [1.29, 1.82) is 0 Å². The maximum atomic E-state index is 4.66. The van der Waals surface area contributed by atoms with Crippen molar-refractivity contribution in [3.8, 4) is 0 Å². The molecule has 0 saturated heterocycles. The van der Waals surface area contributed by atoms with Crippen molar-refractivity contribution < 1.29 is 21.1 Å². The predicted octanol–water partition coefficient (Wildman–Crippen LogP) is 5.26. The van der Waals surface area contributed by atoms with Gasteiger partial charge in [0, 0.05) is 0 Å². The van der Waals surface area contributed by atoms with Gasteiger partial charge in [-0.05, 0) is 36.2 Å². The molecule has 0 bridgehead atoms. The van der Waals surface area contributed by atoms with E-state index in [-0.39, 0.29) is 38.3 Å². The van der Waals surface area contributed by atoms with Crippen molar-refractivity contribution >= 4 is 128 Å². The van der Waals surface area contributed by atoms with Crippen LogP contribution in [-0.4, -0.2) is 28.8 Å². The van der Waals surface area contributed by atoms with E-state index in [1.165, 1.54) is 62.9 Å². The van der Waals surface area contributed by atoms with Crippen LogP contribution in [0.1, 0.15) is 79.1 Å². The quantitative estimate of drug-likeness (QED) is 0.120. The molecule has 34 heavy (non-hydrogen) atoms. The molecule has 0 aromatic carbocycles. The molecule has 0 aromatic rings. The Morgan fingerprint density at radius 3 is 0.971 bits per heavy atom. The van der Waals surface area contributed by atoms with Gasteiger partial charge in [-0.2, -0.15) is 11.8 Å². The van der Waals surface area contributed by atoms with Crippen LogP contribution in [0.4, 0.5) is 0 Å². The minimum absolute atomic E-state index is 0. The average Bonchev–Trinajstić information content (AvgIpc) is 2.65. The number of unbranched alkanes of at least 4 members (excludes halogenated alkanes) is 2. The molecule has 0 aromatic heterocycles. The summed E-state index contributed by atoms with van der Waals surface area (Å²) in [6, 6.07) is 0. The third kappa shape index (κ3) is 93.1. The van der Waals surface area contributed by atoms with Gasteiger partial charge in [0.25, 0.3) is 0 Å². The maximum Gasteiger partial charge on any atom is 4.00 e. The van der Waals surface area contributed by atoms with E-state index in [0.717, 1.165) is 11.8 Å². The molecule has 0 radical (unpaired) electrons. The molecule has 2 unspecified atom stereocenters. The van der Waals surface area contributed by atoms with E-state index in [1.54, 1.807) is 0 Å². The first-order chi connectivity index (χ1) is 15.2. The van der Waals surface area contributed by atoms with Gasteiger partial charge >= 0.3 is 21.1 Å². The summed E-state index contributed by atoms with van der Waals surface area (Å²) in [5.74, 6) is 4.75. The number of thioether (sulfide) groups is 1. The Morgan fingerprint density at radius 1 is 0.618 bits per heavy atom. The zero-order valence-electron chi connectivity index (χ0n) is 20.6. The van der Waals surface area contributed by atoms with E-state index >= 15 is 0 Å². The fraction of sp³-hybridized carbons (Fsp3) is 0.800. The second-order valence-electron chi connectivity index (χ2n) is 6.65. The number of thiocarbonyl (C=S) groups is 4. The van der Waals surface area contributed by atoms with Crippen LogP contribution >= 0.6 is 60.6 Å². The van der Waals surface area contributed by atoms with Gasteiger partial charge in [-0.15, -0.1) is 0 Å². The van der Waals surface area contributed by atoms with Crippen molar-refractivity contribution in [1.82, 2.24) is 0 Å². The summed E-state index contributed by atoms with van der Waals surface area (Å²) in [4.78, 5) is 0. The SMILES string of the molecule is CCCCC(CC)CSCC(CC)CCCC.NC(=S)[S-].NC(=S)[S-].NC(=S)[S-].NC(=S)[S-].[Mo+4]. The molecule has 0 fully saturated rings. The minimum Gasteiger partial charge on any atom is -0.415 e. The molecule has 0 amide bonds. The molecule has 0 rings (SSSR count). The third-order valence-electron chi connectivity index (χ3n) is 3.79. The van der Waals surface area contributed by atoms with Gasteiger partial charge < -0.3 is 122 Å². The van der Waals surface area contributed by atoms with Crippen molar-refractivity contribution in [2.24, 2.45) is 34.8 Å². The average molecular weight is 723 g/mol. The Kier molecular flexibility index (Phi) is 59.4. The summed E-state index contributed by atoms with van der Waals surface area (Å²) in [6.45, 7) is 9.32. The van der Waals surface area contributed by atoms with Gasteiger partial charge in [-0.1, -0.05) is 83.5 Å². The number of nitrogens with two attached hydrogens (primary N) is 4. The van der Waals surface area contributed by atoms with Crippen molar-refractivity contribution in [2.45, 2.75) is 79.1 Å². The first-order valence-corrected chi connectivity index (χ1v) is 15.1. The van der Waals surface area contributed by atoms with E-state index < -0.39 is 0 Å². The van der Waals surface area contributed by atoms with E-state index in [0.29, 0.717) is 0 Å². The fourth-order valence-electron chi connectivity index (χ4n) is 2.20. The van der Waals surface area contributed by atoms with Crippen LogP contribution in [-0.2, 0) is 71.6 Å². The Morgan fingerprint density at radius 2 is 0.824 bits per heavy atom. The second kappa shape index (κ2) is 41.6. The number of hydrogen-bond donors (Lipinski definition) is 4. The number of rotatable bonds is 12. The molecule has 0 spiro atoms. The summed E-state index contributed by atoms with van der Waals surface area (Å²) in [5.41, 5.74) is 18.6. The predicted molar refractivity (Wildman–Crippen MR) is 181 cm³/mol. The summed E-state index contributed by atoms with van der Waals surface area (Å²) in [7, 11) is 0. The normalized spacial score (nSPS) is 10.2. The molecule has 2 atom stereocenters. The van der Waals surface area contributed by atoms with Crippen molar-refractivity contribution in [3.05, 3.63) is 0 Å². The maximum absolute atomic E-state index is 4.66. The molecular formula is C20H42MoN4S9. The first kappa shape index (κ1) is 48.5. The van der Waals surface area contributed by atoms with Crippen LogP contribution in [0, 0.1) is 11.8 Å². The standard InChI is InChI=1S/C16H34S.4CH3NS2.Mo/c1-5-9-11-15(7-3)13-17-14-16(8-4)12-10-6-2;4*2-1(3)4;/h15-16H,5-14H2,1-4H3;4*(H3,2,3,4);/q;;;;;+4/p-4. The van der Waals surface area contributed by atoms with Gasteiger partial charge in [0.1, 0.15) is 0 Å². The zero-order valence-corrected chi connectivity index (χ0v) is 30.0. The monoisotopic (exact) mass is 724 g/mol. The van der Waals surface area contributed by atoms with Gasteiger partial charge in [-0.3, -0.25) is 0 Å². The summed E-state index contributed by atoms with van der Waals surface area (Å²) in [5, 5.41) is 0. The first-order valence-electron chi connectivity index (χ1n) is 10.6. The van der Waals surface area contributed by atoms with E-state index in [1.807, 2.05) is 0 Å². The minimum atomic E-state index is 0. The zero-order chi connectivity index (χ0) is 27.2. The summed E-state index contributed by atoms with van der Waals surface area (Å²) >= 11 is 35.3. The second-order valence-corrected chi connectivity index (χ2v) is 12.3. The van der Waals surface area contributed by atoms with Gasteiger partial charge in [0.15, 0.2) is 0 Å². The van der Waals surface area contributed by atoms with Gasteiger partial charge in [-0.25, -0.2) is 0 Å². The molecule has 4 nitrogen and oxygen atoms in total. The molecule has 0 aliphatic rings. The Hall–Kier alpha value is 1.48. The van der Waals surface area contributed by atoms with E-state index in [9.17, 15) is 0 Å². The molecular weight excluding hydrogens is 681 g/mol. The largest absolute Gasteiger partial charge is 4.00 e. The third-order valence-corrected chi connectivity index (χ3v) is 5.21. The summed E-state index contributed by atoms with van der Waals surface area (Å²) < 4.78 is 0.333. The Labute approximate surface area is 272 Å². The van der Waals surface area contributed by atoms with Crippen LogP contribution in [0.2, 0.25) is 0 Å². The number of hydrogen-bond acceptors (Lipinski definition) is 9. The Bertz CT molecular complexity index is 393. The topological polar surface area (TPSA) is 104 Å². The molecule has 0 saturated carbocycles. The van der Waals surface area contributed by atoms with E-state index in [4.69, 9.17) is 0 Å². The van der Waals surface area contributed by atoms with Crippen LogP contribution in [0.25, 0.3) is 0 Å². The van der Waals surface area contributed by atoms with Crippen molar-refractivity contribution in [2.75, 3.05) is 11.5 Å². The van der Waals surface area contributed by atoms with Crippen LogP contribution in [0.5, 0.6) is 0 Å². The molecule has 0 heterocycles. The van der Waals surface area contributed by atoms with Crippen LogP contribution in [0.15, 0.2) is 0 Å². The fourth-order valence-corrected chi connectivity index (χ4v) is 3.81. The molecule has 8 N–H and O–H groups in total. The molecule has 202 valence electrons. The van der Waals surface area contributed by atoms with Crippen LogP contribution < -0.4 is 22.9 Å².